The molecule has 12 heteroatoms. The van der Waals surface area contributed by atoms with Crippen LogP contribution < -0.4 is 5.32 Å². The zero-order valence-corrected chi connectivity index (χ0v) is 13.8. The number of alkyl halides is 3. The maximum Gasteiger partial charge on any atom is 0.435 e. The molecule has 0 bridgehead atoms. The van der Waals surface area contributed by atoms with Crippen molar-refractivity contribution < 1.29 is 26.7 Å². The molecule has 0 unspecified atom stereocenters. The number of pyridine rings is 1. The molecule has 3 heterocycles. The maximum atomic E-state index is 13.5. The molecule has 0 fully saturated rings. The summed E-state index contributed by atoms with van der Waals surface area (Å²) in [7, 11) is 1.34. The van der Waals surface area contributed by atoms with E-state index in [1.165, 1.54) is 13.2 Å². The lowest BCUT2D eigenvalue weighted by molar-refractivity contribution is -0.141. The smallest absolute Gasteiger partial charge is 0.302 e. The van der Waals surface area contributed by atoms with Crippen LogP contribution in [0.15, 0.2) is 24.7 Å². The number of urea groups is 1. The van der Waals surface area contributed by atoms with Crippen LogP contribution in [0, 0.1) is 11.6 Å². The fourth-order valence-corrected chi connectivity index (χ4v) is 3.17. The van der Waals surface area contributed by atoms with Gasteiger partial charge in [-0.25, -0.2) is 13.6 Å². The predicted molar refractivity (Wildman–Crippen MR) is 83.7 cm³/mol. The van der Waals surface area contributed by atoms with E-state index < -0.39 is 35.2 Å². The largest absolute Gasteiger partial charge is 0.435 e. The fourth-order valence-electron chi connectivity index (χ4n) is 2.16. The minimum absolute atomic E-state index is 0.0576. The van der Waals surface area contributed by atoms with Crippen LogP contribution in [0.2, 0.25) is 0 Å². The number of rotatable bonds is 2. The summed E-state index contributed by atoms with van der Waals surface area (Å²) in [5.41, 5.74) is -1.55. The lowest BCUT2D eigenvalue weighted by atomic mass is 10.3. The fraction of sp³-hybridized carbons (Fsp3) is 0.214. The van der Waals surface area contributed by atoms with Crippen molar-refractivity contribution in [2.45, 2.75) is 6.18 Å². The second-order valence-corrected chi connectivity index (χ2v) is 6.17. The summed E-state index contributed by atoms with van der Waals surface area (Å²) >= 11 is 1.09. The van der Waals surface area contributed by atoms with Gasteiger partial charge in [0.1, 0.15) is 5.69 Å². The number of hydrogen-bond acceptors (Lipinski definition) is 4. The molecule has 1 aliphatic heterocycles. The first-order valence-corrected chi connectivity index (χ1v) is 7.98. The number of nitrogens with zero attached hydrogens (tertiary/aromatic N) is 4. The summed E-state index contributed by atoms with van der Waals surface area (Å²) in [4.78, 5) is 16.9. The molecule has 6 nitrogen and oxygen atoms in total. The van der Waals surface area contributed by atoms with E-state index in [0.29, 0.717) is 4.91 Å². The minimum atomic E-state index is -4.59. The topological polar surface area (TPSA) is 63.1 Å². The van der Waals surface area contributed by atoms with E-state index in [1.807, 2.05) is 0 Å². The maximum absolute atomic E-state index is 13.5. The second kappa shape index (κ2) is 6.59. The van der Waals surface area contributed by atoms with E-state index in [1.54, 1.807) is 0 Å². The van der Waals surface area contributed by atoms with Gasteiger partial charge < -0.3 is 5.32 Å². The molecule has 0 saturated heterocycles. The van der Waals surface area contributed by atoms with Gasteiger partial charge in [0.2, 0.25) is 0 Å². The molecule has 0 spiro atoms. The van der Waals surface area contributed by atoms with Crippen molar-refractivity contribution >= 4 is 28.4 Å². The Morgan fingerprint density at radius 2 is 1.92 bits per heavy atom. The van der Waals surface area contributed by atoms with Crippen LogP contribution in [0.25, 0.3) is 4.91 Å². The summed E-state index contributed by atoms with van der Waals surface area (Å²) in [6.07, 6.45) is -1.82. The van der Waals surface area contributed by atoms with Crippen molar-refractivity contribution in [1.29, 1.82) is 0 Å². The van der Waals surface area contributed by atoms with Crippen molar-refractivity contribution in [2.24, 2.45) is 7.05 Å². The molecule has 2 aromatic heterocycles. The number of halogens is 5. The molecular formula is C14H10F5N5OS. The summed E-state index contributed by atoms with van der Waals surface area (Å²) < 4.78 is 66.3. The minimum Gasteiger partial charge on any atom is -0.302 e. The molecule has 3 rings (SSSR count). The normalized spacial score (nSPS) is 14.5. The Labute approximate surface area is 147 Å². The molecule has 26 heavy (non-hydrogen) atoms. The summed E-state index contributed by atoms with van der Waals surface area (Å²) in [6.45, 7) is 0. The Bertz CT molecular complexity index is 874. The molecule has 0 radical (unpaired) electrons. The van der Waals surface area contributed by atoms with Crippen LogP contribution in [0.5, 0.6) is 0 Å². The summed E-state index contributed by atoms with van der Waals surface area (Å²) in [5, 5.41) is 5.47. The van der Waals surface area contributed by atoms with Gasteiger partial charge >= 0.3 is 12.2 Å². The van der Waals surface area contributed by atoms with E-state index in [-0.39, 0.29) is 11.6 Å². The van der Waals surface area contributed by atoms with E-state index in [0.717, 1.165) is 39.8 Å². The van der Waals surface area contributed by atoms with Gasteiger partial charge in [0.05, 0.1) is 28.9 Å². The predicted octanol–water partition coefficient (Wildman–Crippen LogP) is 3.65. The van der Waals surface area contributed by atoms with Crippen LogP contribution in [0.1, 0.15) is 11.4 Å². The van der Waals surface area contributed by atoms with Gasteiger partial charge in [-0.1, -0.05) is 0 Å². The molecule has 138 valence electrons. The Hall–Kier alpha value is -2.63. The van der Waals surface area contributed by atoms with Crippen molar-refractivity contribution in [3.8, 4) is 0 Å². The van der Waals surface area contributed by atoms with Crippen molar-refractivity contribution in [1.82, 2.24) is 19.7 Å². The Morgan fingerprint density at radius 1 is 1.27 bits per heavy atom. The highest BCUT2D eigenvalue weighted by Crippen LogP contribution is 2.37. The van der Waals surface area contributed by atoms with Crippen LogP contribution in [0.3, 0.4) is 0 Å². The van der Waals surface area contributed by atoms with Gasteiger partial charge in [0, 0.05) is 13.2 Å². The van der Waals surface area contributed by atoms with E-state index in [2.05, 4.69) is 15.4 Å². The van der Waals surface area contributed by atoms with E-state index in [4.69, 9.17) is 0 Å². The quantitative estimate of drug-likeness (QED) is 0.794. The monoisotopic (exact) mass is 391 g/mol. The number of nitrogens with one attached hydrogen (secondary N) is 1. The van der Waals surface area contributed by atoms with Crippen LogP contribution >= 0.6 is 11.8 Å². The number of thioether (sulfide) groups is 1. The molecule has 0 aliphatic carbocycles. The number of carbonyl (C=O) groups is 1. The number of amides is 2. The van der Waals surface area contributed by atoms with E-state index in [9.17, 15) is 26.7 Å². The standard InChI is InChI=1S/C14H10F5N5OS/c1-23-9(2-11(22-23)14(17,18)19)10-5-24(6-26-10)13(25)21-12-7(15)3-20-4-8(12)16/h2-5H,6H2,1H3,(H,20,21,25). The molecule has 2 aromatic rings. The first kappa shape index (κ1) is 18.2. The summed E-state index contributed by atoms with van der Waals surface area (Å²) in [6, 6.07) is 0.0253. The number of aryl methyl sites for hydroxylation is 1. The molecule has 1 aliphatic rings. The van der Waals surface area contributed by atoms with Gasteiger partial charge in [-0.2, -0.15) is 18.3 Å². The van der Waals surface area contributed by atoms with Crippen LogP contribution in [0.4, 0.5) is 32.4 Å². The average molecular weight is 391 g/mol. The van der Waals surface area contributed by atoms with Crippen LogP contribution in [-0.4, -0.2) is 31.6 Å². The van der Waals surface area contributed by atoms with Crippen molar-refractivity contribution in [3.63, 3.8) is 0 Å². The van der Waals surface area contributed by atoms with Gasteiger partial charge in [-0.05, 0) is 6.07 Å². The van der Waals surface area contributed by atoms with Gasteiger partial charge in [0.15, 0.2) is 17.3 Å². The molecule has 0 aromatic carbocycles. The molecule has 2 amide bonds. The lowest BCUT2D eigenvalue weighted by Gasteiger charge is -2.14. The third-order valence-electron chi connectivity index (χ3n) is 3.40. The van der Waals surface area contributed by atoms with Gasteiger partial charge in [-0.3, -0.25) is 14.6 Å². The third-order valence-corrected chi connectivity index (χ3v) is 4.43. The van der Waals surface area contributed by atoms with Gasteiger partial charge in [-0.15, -0.1) is 11.8 Å². The van der Waals surface area contributed by atoms with Crippen LogP contribution in [-0.2, 0) is 13.2 Å². The lowest BCUT2D eigenvalue weighted by Crippen LogP contribution is -2.29. The molecule has 0 saturated carbocycles. The summed E-state index contributed by atoms with van der Waals surface area (Å²) in [5.74, 6) is -2.03. The molecule has 1 N–H and O–H groups in total. The highest BCUT2D eigenvalue weighted by Gasteiger charge is 2.35. The number of anilines is 1. The number of hydrogen-bond donors (Lipinski definition) is 1. The third kappa shape index (κ3) is 3.49. The first-order chi connectivity index (χ1) is 12.2. The van der Waals surface area contributed by atoms with Crippen molar-refractivity contribution in [2.75, 3.05) is 11.2 Å². The SMILES string of the molecule is Cn1nc(C(F)(F)F)cc1C1=CN(C(=O)Nc2c(F)cncc2F)CS1. The molecular weight excluding hydrogens is 381 g/mol. The van der Waals surface area contributed by atoms with Gasteiger partial charge in [0.25, 0.3) is 0 Å². The Balaban J connectivity index is 1.80. The Kier molecular flexibility index (Phi) is 4.61. The Morgan fingerprint density at radius 3 is 2.50 bits per heavy atom. The average Bonchev–Trinajstić information content (AvgIpc) is 3.17. The van der Waals surface area contributed by atoms with Crippen molar-refractivity contribution in [3.05, 3.63) is 47.7 Å². The highest BCUT2D eigenvalue weighted by molar-refractivity contribution is 8.08. The second-order valence-electron chi connectivity index (χ2n) is 5.18. The first-order valence-electron chi connectivity index (χ1n) is 6.99. The number of carbonyl (C=O) groups excluding carboxylic acids is 1. The highest BCUT2D eigenvalue weighted by atomic mass is 32.2. The molecule has 0 atom stereocenters. The number of aromatic nitrogens is 3. The zero-order valence-electron chi connectivity index (χ0n) is 13.0. The zero-order chi connectivity index (χ0) is 19.1. The van der Waals surface area contributed by atoms with E-state index >= 15 is 0 Å².